The molecule has 0 aliphatic carbocycles. The Morgan fingerprint density at radius 1 is 1.04 bits per heavy atom. The van der Waals surface area contributed by atoms with Crippen LogP contribution in [0.2, 0.25) is 0 Å². The van der Waals surface area contributed by atoms with Crippen molar-refractivity contribution in [2.24, 2.45) is 5.10 Å². The number of nitrogens with one attached hydrogen (secondary N) is 3. The lowest BCUT2D eigenvalue weighted by molar-refractivity contribution is -0.906. The Hall–Kier alpha value is -2.54. The van der Waals surface area contributed by atoms with Gasteiger partial charge in [0, 0.05) is 5.56 Å². The molecule has 0 bridgehead atoms. The van der Waals surface area contributed by atoms with Crippen molar-refractivity contribution in [1.82, 2.24) is 10.7 Å². The van der Waals surface area contributed by atoms with E-state index in [0.717, 1.165) is 45.0 Å². The van der Waals surface area contributed by atoms with Gasteiger partial charge in [-0.1, -0.05) is 48.5 Å². The third kappa shape index (κ3) is 4.47. The molecule has 144 valence electrons. The predicted octanol–water partition coefficient (Wildman–Crippen LogP) is 1.71. The number of benzene rings is 3. The molecule has 1 aliphatic heterocycles. The smallest absolute Gasteiger partial charge is 0.187 e. The molecule has 1 heterocycles. The Morgan fingerprint density at radius 2 is 1.68 bits per heavy atom. The summed E-state index contributed by atoms with van der Waals surface area (Å²) in [6, 6.07) is 19.0. The highest BCUT2D eigenvalue weighted by Gasteiger charge is 2.12. The average molecular weight is 394 g/mol. The summed E-state index contributed by atoms with van der Waals surface area (Å²) in [4.78, 5) is 1.55. The third-order valence-electron chi connectivity index (χ3n) is 5.14. The van der Waals surface area contributed by atoms with Crippen molar-refractivity contribution in [2.45, 2.75) is 0 Å². The lowest BCUT2D eigenvalue weighted by Gasteiger charge is -2.23. The standard InChI is InChI=1S/C22H24N4OS/c28-22(23-9-10-26-11-13-27-14-12-26)25-24-16-21-19-7-3-1-5-17(19)15-18-6-2-4-8-20(18)21/h1-8,15-16H,9-14H2,(H2,23,25,28)/p+1. The molecule has 0 amide bonds. The molecule has 1 aliphatic rings. The van der Waals surface area contributed by atoms with Crippen LogP contribution in [0.15, 0.2) is 59.7 Å². The minimum Gasteiger partial charge on any atom is -0.370 e. The largest absolute Gasteiger partial charge is 0.370 e. The van der Waals surface area contributed by atoms with Crippen LogP contribution in [0.3, 0.4) is 0 Å². The summed E-state index contributed by atoms with van der Waals surface area (Å²) in [6.07, 6.45) is 1.87. The van der Waals surface area contributed by atoms with Gasteiger partial charge in [0.2, 0.25) is 0 Å². The highest BCUT2D eigenvalue weighted by molar-refractivity contribution is 7.80. The fourth-order valence-electron chi connectivity index (χ4n) is 3.65. The van der Waals surface area contributed by atoms with Crippen molar-refractivity contribution in [3.63, 3.8) is 0 Å². The number of quaternary nitrogens is 1. The third-order valence-corrected chi connectivity index (χ3v) is 5.37. The second-order valence-corrected chi connectivity index (χ2v) is 7.38. The van der Waals surface area contributed by atoms with E-state index in [0.29, 0.717) is 5.11 Å². The molecule has 5 nitrogen and oxygen atoms in total. The highest BCUT2D eigenvalue weighted by atomic mass is 32.1. The second-order valence-electron chi connectivity index (χ2n) is 6.97. The molecule has 0 atom stereocenters. The normalized spacial score (nSPS) is 15.3. The van der Waals surface area contributed by atoms with E-state index in [1.54, 1.807) is 4.90 Å². The molecular weight excluding hydrogens is 368 g/mol. The first-order chi connectivity index (χ1) is 13.8. The summed E-state index contributed by atoms with van der Waals surface area (Å²) in [5, 5.41) is 13.0. The van der Waals surface area contributed by atoms with Crippen LogP contribution in [0.1, 0.15) is 5.56 Å². The molecule has 0 unspecified atom stereocenters. The maximum atomic E-state index is 5.38. The molecular formula is C22H25N4OS+. The molecule has 0 saturated carbocycles. The minimum absolute atomic E-state index is 0.549. The summed E-state index contributed by atoms with van der Waals surface area (Å²) < 4.78 is 5.38. The highest BCUT2D eigenvalue weighted by Crippen LogP contribution is 2.27. The summed E-state index contributed by atoms with van der Waals surface area (Å²) >= 11 is 5.36. The SMILES string of the molecule is S=C(NCC[NH+]1CCOCC1)NN=Cc1c2ccccc2cc2ccccc12. The Bertz CT molecular complexity index is 944. The number of nitrogens with zero attached hydrogens (tertiary/aromatic N) is 1. The molecule has 3 aromatic rings. The van der Waals surface area contributed by atoms with Gasteiger partial charge in [0.15, 0.2) is 5.11 Å². The summed E-state index contributed by atoms with van der Waals surface area (Å²) in [5.41, 5.74) is 4.05. The number of hydrogen-bond donors (Lipinski definition) is 3. The van der Waals surface area contributed by atoms with Crippen LogP contribution in [0.5, 0.6) is 0 Å². The zero-order chi connectivity index (χ0) is 19.2. The molecule has 6 heteroatoms. The lowest BCUT2D eigenvalue weighted by Crippen LogP contribution is -3.14. The predicted molar refractivity (Wildman–Crippen MR) is 119 cm³/mol. The summed E-state index contributed by atoms with van der Waals surface area (Å²) in [6.45, 7) is 5.68. The number of fused-ring (bicyclic) bond motifs is 2. The van der Waals surface area contributed by atoms with Crippen LogP contribution in [-0.4, -0.2) is 50.7 Å². The van der Waals surface area contributed by atoms with E-state index in [1.165, 1.54) is 21.5 Å². The van der Waals surface area contributed by atoms with Gasteiger partial charge >= 0.3 is 0 Å². The van der Waals surface area contributed by atoms with E-state index in [9.17, 15) is 0 Å². The van der Waals surface area contributed by atoms with Crippen molar-refractivity contribution >= 4 is 45.1 Å². The first-order valence-electron chi connectivity index (χ1n) is 9.70. The van der Waals surface area contributed by atoms with E-state index >= 15 is 0 Å². The van der Waals surface area contributed by atoms with Gasteiger partial charge in [-0.05, 0) is 39.8 Å². The maximum Gasteiger partial charge on any atom is 0.187 e. The van der Waals surface area contributed by atoms with Crippen molar-refractivity contribution in [3.05, 3.63) is 60.2 Å². The van der Waals surface area contributed by atoms with E-state index in [1.807, 2.05) is 6.21 Å². The minimum atomic E-state index is 0.549. The maximum absolute atomic E-state index is 5.38. The first-order valence-corrected chi connectivity index (χ1v) is 10.1. The van der Waals surface area contributed by atoms with Crippen molar-refractivity contribution < 1.29 is 9.64 Å². The van der Waals surface area contributed by atoms with Gasteiger partial charge in [-0.2, -0.15) is 5.10 Å². The van der Waals surface area contributed by atoms with Gasteiger partial charge in [-0.25, -0.2) is 0 Å². The Kier molecular flexibility index (Phi) is 6.11. The van der Waals surface area contributed by atoms with Gasteiger partial charge in [-0.15, -0.1) is 0 Å². The molecule has 28 heavy (non-hydrogen) atoms. The van der Waals surface area contributed by atoms with E-state index < -0.39 is 0 Å². The monoisotopic (exact) mass is 393 g/mol. The number of hydrazone groups is 1. The van der Waals surface area contributed by atoms with Crippen LogP contribution < -0.4 is 15.6 Å². The second kappa shape index (κ2) is 9.10. The Balaban J connectivity index is 1.42. The molecule has 0 radical (unpaired) electrons. The summed E-state index contributed by atoms with van der Waals surface area (Å²) in [5.74, 6) is 0. The number of rotatable bonds is 5. The van der Waals surface area contributed by atoms with Crippen LogP contribution in [0.25, 0.3) is 21.5 Å². The van der Waals surface area contributed by atoms with Crippen LogP contribution >= 0.6 is 12.2 Å². The van der Waals surface area contributed by atoms with Crippen LogP contribution in [-0.2, 0) is 4.74 Å². The molecule has 1 saturated heterocycles. The van der Waals surface area contributed by atoms with E-state index in [2.05, 4.69) is 70.4 Å². The van der Waals surface area contributed by atoms with Gasteiger partial charge < -0.3 is 15.0 Å². The van der Waals surface area contributed by atoms with E-state index in [-0.39, 0.29) is 0 Å². The zero-order valence-electron chi connectivity index (χ0n) is 15.8. The lowest BCUT2D eigenvalue weighted by atomic mass is 9.97. The number of hydrogen-bond acceptors (Lipinski definition) is 3. The van der Waals surface area contributed by atoms with Gasteiger partial charge in [0.25, 0.3) is 0 Å². The Morgan fingerprint density at radius 3 is 2.36 bits per heavy atom. The van der Waals surface area contributed by atoms with Crippen molar-refractivity contribution in [1.29, 1.82) is 0 Å². The fraction of sp³-hybridized carbons (Fsp3) is 0.273. The van der Waals surface area contributed by atoms with Crippen LogP contribution in [0.4, 0.5) is 0 Å². The van der Waals surface area contributed by atoms with Crippen molar-refractivity contribution in [3.8, 4) is 0 Å². The number of thiocarbonyl (C=S) groups is 1. The van der Waals surface area contributed by atoms with Crippen LogP contribution in [0, 0.1) is 0 Å². The molecule has 0 aromatic heterocycles. The van der Waals surface area contributed by atoms with Gasteiger partial charge in [-0.3, -0.25) is 5.43 Å². The van der Waals surface area contributed by atoms with Gasteiger partial charge in [0.1, 0.15) is 13.1 Å². The van der Waals surface area contributed by atoms with Crippen molar-refractivity contribution in [2.75, 3.05) is 39.4 Å². The number of morpholine rings is 1. The molecule has 3 aromatic carbocycles. The van der Waals surface area contributed by atoms with Gasteiger partial charge in [0.05, 0.1) is 32.5 Å². The first kappa shape index (κ1) is 18.8. The molecule has 1 fully saturated rings. The topological polar surface area (TPSA) is 50.1 Å². The zero-order valence-corrected chi connectivity index (χ0v) is 16.6. The molecule has 0 spiro atoms. The van der Waals surface area contributed by atoms with E-state index in [4.69, 9.17) is 17.0 Å². The molecule has 4 rings (SSSR count). The summed E-state index contributed by atoms with van der Waals surface area (Å²) in [7, 11) is 0. The quantitative estimate of drug-likeness (QED) is 0.267. The fourth-order valence-corrected chi connectivity index (χ4v) is 3.80. The molecule has 3 N–H and O–H groups in total. The Labute approximate surface area is 170 Å². The number of ether oxygens (including phenoxy) is 1. The average Bonchev–Trinajstić information content (AvgIpc) is 2.74.